The molecule has 0 aromatic rings. The summed E-state index contributed by atoms with van der Waals surface area (Å²) in [6.45, 7) is 2.18. The zero-order valence-electron chi connectivity index (χ0n) is 12.6. The minimum Gasteiger partial charge on any atom is -0.465 e. The van der Waals surface area contributed by atoms with Crippen LogP contribution in [-0.4, -0.2) is 30.3 Å². The van der Waals surface area contributed by atoms with Crippen LogP contribution in [-0.2, 0) is 19.1 Å². The summed E-state index contributed by atoms with van der Waals surface area (Å²) in [7, 11) is 0. The van der Waals surface area contributed by atoms with Crippen molar-refractivity contribution in [2.75, 3.05) is 6.61 Å². The Morgan fingerprint density at radius 1 is 1.09 bits per heavy atom. The monoisotopic (exact) mass is 322 g/mol. The van der Waals surface area contributed by atoms with Crippen LogP contribution in [0.25, 0.3) is 0 Å². The van der Waals surface area contributed by atoms with Gasteiger partial charge in [-0.15, -0.1) is 0 Å². The van der Waals surface area contributed by atoms with Crippen LogP contribution in [0.3, 0.4) is 0 Å². The number of hydrogen-bond donors (Lipinski definition) is 0. The van der Waals surface area contributed by atoms with Crippen molar-refractivity contribution in [3.8, 4) is 0 Å². The highest BCUT2D eigenvalue weighted by atomic mass is 19.4. The van der Waals surface area contributed by atoms with Crippen LogP contribution in [0.4, 0.5) is 13.2 Å². The Morgan fingerprint density at radius 2 is 1.68 bits per heavy atom. The van der Waals surface area contributed by atoms with Gasteiger partial charge in [0.2, 0.25) is 0 Å². The lowest BCUT2D eigenvalue weighted by Gasteiger charge is -2.49. The van der Waals surface area contributed by atoms with E-state index in [1.165, 1.54) is 0 Å². The molecule has 0 atom stereocenters. The average Bonchev–Trinajstić information content (AvgIpc) is 2.43. The van der Waals surface area contributed by atoms with E-state index in [-0.39, 0.29) is 12.4 Å². The Bertz CT molecular complexity index is 435. The summed E-state index contributed by atoms with van der Waals surface area (Å²) in [6.07, 6.45) is -1.13. The maximum Gasteiger partial charge on any atom is 0.490 e. The van der Waals surface area contributed by atoms with E-state index < -0.39 is 23.2 Å². The highest BCUT2D eigenvalue weighted by molar-refractivity contribution is 5.78. The van der Waals surface area contributed by atoms with Crippen molar-refractivity contribution >= 4 is 11.9 Å². The van der Waals surface area contributed by atoms with Gasteiger partial charge in [-0.05, 0) is 44.9 Å². The molecule has 0 spiro atoms. The Morgan fingerprint density at radius 3 is 2.18 bits per heavy atom. The minimum atomic E-state index is -5.00. The molecule has 2 saturated carbocycles. The molecule has 0 unspecified atom stereocenters. The summed E-state index contributed by atoms with van der Waals surface area (Å²) in [5.74, 6) is -2.52. The van der Waals surface area contributed by atoms with Crippen LogP contribution < -0.4 is 0 Å². The number of fused-ring (bicyclic) bond motifs is 2. The summed E-state index contributed by atoms with van der Waals surface area (Å²) in [4.78, 5) is 23.5. The van der Waals surface area contributed by atoms with Crippen molar-refractivity contribution in [2.45, 2.75) is 70.1 Å². The van der Waals surface area contributed by atoms with E-state index in [1.807, 2.05) is 6.92 Å². The third-order valence-electron chi connectivity index (χ3n) is 4.65. The summed E-state index contributed by atoms with van der Waals surface area (Å²) in [6, 6.07) is 0. The van der Waals surface area contributed by atoms with Gasteiger partial charge in [-0.3, -0.25) is 4.79 Å². The van der Waals surface area contributed by atoms with Crippen molar-refractivity contribution in [3.63, 3.8) is 0 Å². The molecule has 0 saturated heterocycles. The maximum atomic E-state index is 12.5. The molecule has 126 valence electrons. The number of rotatable bonds is 4. The lowest BCUT2D eigenvalue weighted by atomic mass is 9.60. The predicted octanol–water partition coefficient (Wildman–Crippen LogP) is 3.53. The molecular formula is C15H21F3O4. The fraction of sp³-hybridized carbons (Fsp3) is 0.867. The van der Waals surface area contributed by atoms with Gasteiger partial charge >= 0.3 is 18.1 Å². The van der Waals surface area contributed by atoms with Gasteiger partial charge < -0.3 is 9.47 Å². The molecule has 0 aliphatic heterocycles. The van der Waals surface area contributed by atoms with Crippen molar-refractivity contribution in [1.29, 1.82) is 0 Å². The van der Waals surface area contributed by atoms with Gasteiger partial charge in [0.25, 0.3) is 0 Å². The number of ether oxygens (including phenoxy) is 2. The molecule has 2 bridgehead atoms. The fourth-order valence-electron chi connectivity index (χ4n) is 3.73. The zero-order valence-corrected chi connectivity index (χ0v) is 12.6. The molecular weight excluding hydrogens is 301 g/mol. The third-order valence-corrected chi connectivity index (χ3v) is 4.65. The minimum absolute atomic E-state index is 0.143. The molecule has 0 aromatic heterocycles. The molecule has 7 heteroatoms. The standard InChI is InChI=1S/C15H21F3O4/c1-2-9-21-11(19)13-5-3-7-14(10-13,8-4-6-13)22-12(20)15(16,17)18/h2-10H2,1H3. The van der Waals surface area contributed by atoms with E-state index >= 15 is 0 Å². The summed E-state index contributed by atoms with van der Waals surface area (Å²) in [5.41, 5.74) is -1.97. The fourth-order valence-corrected chi connectivity index (χ4v) is 3.73. The van der Waals surface area contributed by atoms with E-state index in [2.05, 4.69) is 0 Å². The largest absolute Gasteiger partial charge is 0.490 e. The average molecular weight is 322 g/mol. The number of carbonyl (C=O) groups excluding carboxylic acids is 2. The van der Waals surface area contributed by atoms with Gasteiger partial charge in [-0.2, -0.15) is 13.2 Å². The lowest BCUT2D eigenvalue weighted by Crippen LogP contribution is -2.52. The number of carbonyl (C=O) groups is 2. The number of hydrogen-bond acceptors (Lipinski definition) is 4. The van der Waals surface area contributed by atoms with Crippen molar-refractivity contribution in [3.05, 3.63) is 0 Å². The molecule has 2 fully saturated rings. The number of esters is 2. The first-order chi connectivity index (χ1) is 10.2. The first-order valence-electron chi connectivity index (χ1n) is 7.70. The normalized spacial score (nSPS) is 31.5. The van der Waals surface area contributed by atoms with Crippen LogP contribution in [0, 0.1) is 5.41 Å². The Kier molecular flexibility index (Phi) is 4.73. The SMILES string of the molecule is CCCOC(=O)C12CCCC(OC(=O)C(F)(F)F)(CCC1)C2. The molecule has 4 nitrogen and oxygen atoms in total. The number of alkyl halides is 3. The molecule has 2 aliphatic carbocycles. The molecule has 2 rings (SSSR count). The van der Waals surface area contributed by atoms with Crippen LogP contribution in [0.1, 0.15) is 58.3 Å². The highest BCUT2D eigenvalue weighted by Gasteiger charge is 2.56. The Hall–Kier alpha value is -1.27. The van der Waals surface area contributed by atoms with E-state index in [0.29, 0.717) is 51.6 Å². The van der Waals surface area contributed by atoms with Gasteiger partial charge in [-0.25, -0.2) is 4.79 Å². The van der Waals surface area contributed by atoms with Gasteiger partial charge in [0.1, 0.15) is 5.60 Å². The number of halogens is 3. The van der Waals surface area contributed by atoms with Gasteiger partial charge in [-0.1, -0.05) is 6.92 Å². The van der Waals surface area contributed by atoms with Crippen molar-refractivity contribution < 1.29 is 32.2 Å². The topological polar surface area (TPSA) is 52.6 Å². The van der Waals surface area contributed by atoms with E-state index in [1.54, 1.807) is 0 Å². The maximum absolute atomic E-state index is 12.5. The van der Waals surface area contributed by atoms with Gasteiger partial charge in [0.15, 0.2) is 0 Å². The Labute approximate surface area is 127 Å². The smallest absolute Gasteiger partial charge is 0.465 e. The van der Waals surface area contributed by atoms with Gasteiger partial charge in [0, 0.05) is 6.42 Å². The second-order valence-electron chi connectivity index (χ2n) is 6.37. The van der Waals surface area contributed by atoms with E-state index in [0.717, 1.165) is 0 Å². The van der Waals surface area contributed by atoms with Crippen LogP contribution in [0.15, 0.2) is 0 Å². The lowest BCUT2D eigenvalue weighted by molar-refractivity contribution is -0.226. The predicted molar refractivity (Wildman–Crippen MR) is 70.9 cm³/mol. The second kappa shape index (κ2) is 6.08. The molecule has 22 heavy (non-hydrogen) atoms. The summed E-state index contributed by atoms with van der Waals surface area (Å²) in [5, 5.41) is 0. The summed E-state index contributed by atoms with van der Waals surface area (Å²) < 4.78 is 47.5. The zero-order chi connectivity index (χ0) is 16.4. The molecule has 0 N–H and O–H groups in total. The molecule has 0 radical (unpaired) electrons. The molecule has 2 aliphatic rings. The quantitative estimate of drug-likeness (QED) is 0.743. The van der Waals surface area contributed by atoms with Gasteiger partial charge in [0.05, 0.1) is 12.0 Å². The molecule has 0 aromatic carbocycles. The molecule has 0 heterocycles. The first kappa shape index (κ1) is 17.1. The molecule has 0 amide bonds. The third kappa shape index (κ3) is 3.38. The highest BCUT2D eigenvalue weighted by Crippen LogP contribution is 2.53. The van der Waals surface area contributed by atoms with Crippen molar-refractivity contribution in [2.24, 2.45) is 5.41 Å². The van der Waals surface area contributed by atoms with Crippen LogP contribution >= 0.6 is 0 Å². The first-order valence-corrected chi connectivity index (χ1v) is 7.70. The van der Waals surface area contributed by atoms with Crippen LogP contribution in [0.2, 0.25) is 0 Å². The van der Waals surface area contributed by atoms with Crippen molar-refractivity contribution in [1.82, 2.24) is 0 Å². The van der Waals surface area contributed by atoms with Crippen LogP contribution in [0.5, 0.6) is 0 Å². The Balaban J connectivity index is 2.14. The summed E-state index contributed by atoms with van der Waals surface area (Å²) >= 11 is 0. The van der Waals surface area contributed by atoms with E-state index in [9.17, 15) is 22.8 Å². The van der Waals surface area contributed by atoms with E-state index in [4.69, 9.17) is 9.47 Å². The second-order valence-corrected chi connectivity index (χ2v) is 6.37.